The van der Waals surface area contributed by atoms with Crippen LogP contribution in [0.25, 0.3) is 0 Å². The minimum atomic E-state index is -0.241. The number of H-pyrrole nitrogens is 1. The van der Waals surface area contributed by atoms with Crippen LogP contribution in [0.2, 0.25) is 5.02 Å². The monoisotopic (exact) mass is 278 g/mol. The van der Waals surface area contributed by atoms with Gasteiger partial charge in [0.2, 0.25) is 0 Å². The Hall–Kier alpha value is -2.34. The number of benzene rings is 1. The first-order valence-corrected chi connectivity index (χ1v) is 5.91. The average Bonchev–Trinajstić information content (AvgIpc) is 2.30. The van der Waals surface area contributed by atoms with Crippen molar-refractivity contribution in [3.8, 4) is 0 Å². The van der Waals surface area contributed by atoms with Gasteiger partial charge in [-0.3, -0.25) is 10.1 Å². The molecule has 1 heterocycles. The van der Waals surface area contributed by atoms with Crippen LogP contribution in [-0.2, 0) is 0 Å². The number of hydrogen-bond acceptors (Lipinski definition) is 2. The summed E-state index contributed by atoms with van der Waals surface area (Å²) in [5.74, 6) is 0.528. The number of nitrogens with zero attached hydrogens (tertiary/aromatic N) is 1. The quantitative estimate of drug-likeness (QED) is 0.454. The first-order chi connectivity index (χ1) is 9.02. The van der Waals surface area contributed by atoms with Gasteiger partial charge < -0.3 is 5.73 Å². The largest absolute Gasteiger partial charge is 0.325 e. The Balaban J connectivity index is 2.18. The fraction of sp³-hybridized carbons (Fsp3) is 0.0833. The molecule has 7 heteroatoms. The number of rotatable bonds is 2. The van der Waals surface area contributed by atoms with Crippen molar-refractivity contribution >= 4 is 29.2 Å². The molecule has 0 bridgehead atoms. The highest BCUT2D eigenvalue weighted by Gasteiger charge is 2.03. The van der Waals surface area contributed by atoms with Crippen molar-refractivity contribution in [2.45, 2.75) is 6.92 Å². The molecule has 0 saturated carbocycles. The zero-order valence-corrected chi connectivity index (χ0v) is 11.0. The lowest BCUT2D eigenvalue weighted by Gasteiger charge is -2.01. The lowest BCUT2D eigenvalue weighted by Crippen LogP contribution is -2.73. The number of guanidine groups is 1. The number of aromatic nitrogens is 2. The minimum absolute atomic E-state index is 0.241. The van der Waals surface area contributed by atoms with Crippen molar-refractivity contribution < 1.29 is 4.99 Å². The van der Waals surface area contributed by atoms with E-state index < -0.39 is 0 Å². The standard InChI is InChI=1S/C12H12ClN5O/c1-7-6-10(19)17-12(15-7)18-11(14)16-9-4-2-8(13)3-5-9/h2-6H,1H3,(H4,14,15,16,17,18,19)/p+1. The number of halogens is 1. The SMILES string of the molecule is Cc1cc(=O)[nH]c([NH+]=C(N)Nc2ccc(Cl)cc2)n1. The molecule has 1 aromatic heterocycles. The molecule has 5 N–H and O–H groups in total. The third kappa shape index (κ3) is 3.82. The van der Waals surface area contributed by atoms with E-state index in [0.717, 1.165) is 5.69 Å². The van der Waals surface area contributed by atoms with Crippen LogP contribution < -0.4 is 21.6 Å². The van der Waals surface area contributed by atoms with Crippen LogP contribution in [0.5, 0.6) is 0 Å². The van der Waals surface area contributed by atoms with E-state index in [-0.39, 0.29) is 17.5 Å². The predicted molar refractivity (Wildman–Crippen MR) is 74.5 cm³/mol. The maximum absolute atomic E-state index is 11.3. The molecule has 6 nitrogen and oxygen atoms in total. The van der Waals surface area contributed by atoms with Gasteiger partial charge in [-0.05, 0) is 31.2 Å². The molecule has 0 fully saturated rings. The zero-order valence-electron chi connectivity index (χ0n) is 10.2. The fourth-order valence-corrected chi connectivity index (χ4v) is 1.61. The second-order valence-corrected chi connectivity index (χ2v) is 4.34. The number of nitrogens with two attached hydrogens (primary N) is 1. The zero-order chi connectivity index (χ0) is 13.8. The van der Waals surface area contributed by atoms with E-state index in [2.05, 4.69) is 20.3 Å². The molecule has 0 saturated heterocycles. The Labute approximate surface area is 114 Å². The van der Waals surface area contributed by atoms with Gasteiger partial charge in [-0.1, -0.05) is 11.6 Å². The number of hydrogen-bond donors (Lipinski definition) is 4. The van der Waals surface area contributed by atoms with Crippen molar-refractivity contribution in [2.24, 2.45) is 5.73 Å². The van der Waals surface area contributed by atoms with E-state index in [1.807, 2.05) is 0 Å². The Morgan fingerprint density at radius 3 is 2.74 bits per heavy atom. The topological polar surface area (TPSA) is 97.8 Å². The van der Waals surface area contributed by atoms with E-state index in [1.54, 1.807) is 31.2 Å². The van der Waals surface area contributed by atoms with Crippen molar-refractivity contribution in [2.75, 3.05) is 5.32 Å². The second kappa shape index (κ2) is 5.53. The molecule has 0 unspecified atom stereocenters. The smallest absolute Gasteiger partial charge is 0.322 e. The third-order valence-corrected chi connectivity index (χ3v) is 2.50. The summed E-state index contributed by atoms with van der Waals surface area (Å²) in [4.78, 5) is 20.7. The number of anilines is 1. The van der Waals surface area contributed by atoms with E-state index in [0.29, 0.717) is 10.7 Å². The van der Waals surface area contributed by atoms with Crippen LogP contribution in [0, 0.1) is 6.92 Å². The van der Waals surface area contributed by atoms with Crippen LogP contribution in [0.4, 0.5) is 11.6 Å². The normalized spacial score (nSPS) is 11.4. The van der Waals surface area contributed by atoms with Crippen LogP contribution in [0.3, 0.4) is 0 Å². The summed E-state index contributed by atoms with van der Waals surface area (Å²) < 4.78 is 0. The molecule has 0 spiro atoms. The Morgan fingerprint density at radius 1 is 1.42 bits per heavy atom. The number of aromatic amines is 1. The minimum Gasteiger partial charge on any atom is -0.322 e. The molecular formula is C12H13ClN5O+. The summed E-state index contributed by atoms with van der Waals surface area (Å²) in [6.07, 6.45) is 0. The molecular weight excluding hydrogens is 266 g/mol. The third-order valence-electron chi connectivity index (χ3n) is 2.25. The summed E-state index contributed by atoms with van der Waals surface area (Å²) in [6.45, 7) is 1.73. The van der Waals surface area contributed by atoms with Gasteiger partial charge in [0, 0.05) is 11.1 Å². The van der Waals surface area contributed by atoms with Crippen LogP contribution in [-0.4, -0.2) is 15.9 Å². The molecule has 0 aliphatic rings. The maximum atomic E-state index is 11.3. The summed E-state index contributed by atoms with van der Waals surface area (Å²) >= 11 is 5.78. The van der Waals surface area contributed by atoms with Crippen molar-refractivity contribution in [1.82, 2.24) is 9.97 Å². The van der Waals surface area contributed by atoms with Crippen LogP contribution in [0.15, 0.2) is 35.1 Å². The Kier molecular flexibility index (Phi) is 3.82. The molecule has 98 valence electrons. The summed E-state index contributed by atoms with van der Waals surface area (Å²) in [6, 6.07) is 8.44. The van der Waals surface area contributed by atoms with Gasteiger partial charge in [0.25, 0.3) is 11.5 Å². The van der Waals surface area contributed by atoms with Gasteiger partial charge in [-0.15, -0.1) is 4.98 Å². The molecule has 1 aromatic carbocycles. The lowest BCUT2D eigenvalue weighted by atomic mass is 10.3. The molecule has 0 radical (unpaired) electrons. The van der Waals surface area contributed by atoms with E-state index in [4.69, 9.17) is 17.3 Å². The number of nitrogens with one attached hydrogen (secondary N) is 3. The summed E-state index contributed by atoms with van der Waals surface area (Å²) in [5, 5.41) is 3.56. The first-order valence-electron chi connectivity index (χ1n) is 5.53. The van der Waals surface area contributed by atoms with Gasteiger partial charge in [-0.25, -0.2) is 9.98 Å². The first kappa shape index (κ1) is 13.1. The Morgan fingerprint density at radius 2 is 2.11 bits per heavy atom. The van der Waals surface area contributed by atoms with E-state index >= 15 is 0 Å². The van der Waals surface area contributed by atoms with Crippen molar-refractivity contribution in [3.63, 3.8) is 0 Å². The molecule has 0 atom stereocenters. The predicted octanol–water partition coefficient (Wildman–Crippen LogP) is -0.129. The second-order valence-electron chi connectivity index (χ2n) is 3.91. The number of aryl methyl sites for hydroxylation is 1. The van der Waals surface area contributed by atoms with E-state index in [9.17, 15) is 4.79 Å². The van der Waals surface area contributed by atoms with E-state index in [1.165, 1.54) is 6.07 Å². The highest BCUT2D eigenvalue weighted by Crippen LogP contribution is 2.12. The Bertz CT molecular complexity index is 663. The molecule has 0 amide bonds. The van der Waals surface area contributed by atoms with Crippen LogP contribution in [0.1, 0.15) is 5.69 Å². The highest BCUT2D eigenvalue weighted by molar-refractivity contribution is 6.30. The summed E-state index contributed by atoms with van der Waals surface area (Å²) in [7, 11) is 0. The van der Waals surface area contributed by atoms with Crippen molar-refractivity contribution in [1.29, 1.82) is 0 Å². The van der Waals surface area contributed by atoms with Crippen molar-refractivity contribution in [3.05, 3.63) is 51.4 Å². The molecule has 2 rings (SSSR count). The summed E-state index contributed by atoms with van der Waals surface area (Å²) in [5.41, 5.74) is 6.90. The lowest BCUT2D eigenvalue weighted by molar-refractivity contribution is -0.365. The van der Waals surface area contributed by atoms with Gasteiger partial charge in [0.1, 0.15) is 0 Å². The highest BCUT2D eigenvalue weighted by atomic mass is 35.5. The average molecular weight is 279 g/mol. The van der Waals surface area contributed by atoms with Gasteiger partial charge in [-0.2, -0.15) is 0 Å². The molecule has 19 heavy (non-hydrogen) atoms. The van der Waals surface area contributed by atoms with Gasteiger partial charge in [0.05, 0.1) is 11.4 Å². The fourth-order valence-electron chi connectivity index (χ4n) is 1.49. The molecule has 0 aliphatic heterocycles. The maximum Gasteiger partial charge on any atom is 0.325 e. The van der Waals surface area contributed by atoms with Crippen LogP contribution >= 0.6 is 11.6 Å². The van der Waals surface area contributed by atoms with Gasteiger partial charge in [0.15, 0.2) is 0 Å². The van der Waals surface area contributed by atoms with Gasteiger partial charge >= 0.3 is 5.95 Å². The molecule has 2 aromatic rings. The molecule has 0 aliphatic carbocycles.